The molecule has 7 aromatic carbocycles. The number of hydrogen-bond donors (Lipinski definition) is 0. The Kier molecular flexibility index (Phi) is 7.29. The van der Waals surface area contributed by atoms with Gasteiger partial charge in [0.2, 0.25) is 5.95 Å². The van der Waals surface area contributed by atoms with Crippen molar-refractivity contribution >= 4 is 43.6 Å². The van der Waals surface area contributed by atoms with E-state index in [0.29, 0.717) is 11.9 Å². The van der Waals surface area contributed by atoms with E-state index in [0.717, 1.165) is 50.3 Å². The first-order valence-corrected chi connectivity index (χ1v) is 18.3. The summed E-state index contributed by atoms with van der Waals surface area (Å²) in [4.78, 5) is 10.7. The topological polar surface area (TPSA) is 35.6 Å². The van der Waals surface area contributed by atoms with E-state index < -0.39 is 0 Å². The lowest BCUT2D eigenvalue weighted by Gasteiger charge is -2.14. The van der Waals surface area contributed by atoms with Crippen molar-refractivity contribution < 1.29 is 0 Å². The summed E-state index contributed by atoms with van der Waals surface area (Å²) in [5.74, 6) is 1.05. The second kappa shape index (κ2) is 12.5. The largest absolute Gasteiger partial charge is 0.309 e. The molecule has 0 aliphatic rings. The lowest BCUT2D eigenvalue weighted by molar-refractivity contribution is 0.869. The third kappa shape index (κ3) is 5.06. The summed E-state index contributed by atoms with van der Waals surface area (Å²) in [6.45, 7) is 4.54. The van der Waals surface area contributed by atoms with Crippen LogP contribution in [-0.4, -0.2) is 19.1 Å². The van der Waals surface area contributed by atoms with Crippen molar-refractivity contribution in [1.82, 2.24) is 19.1 Å². The summed E-state index contributed by atoms with van der Waals surface area (Å²) < 4.78 is 4.72. The van der Waals surface area contributed by atoms with Crippen LogP contribution >= 0.6 is 0 Å². The van der Waals surface area contributed by atoms with Gasteiger partial charge < -0.3 is 4.57 Å². The first-order chi connectivity index (χ1) is 26.1. The van der Waals surface area contributed by atoms with E-state index >= 15 is 0 Å². The van der Waals surface area contributed by atoms with Gasteiger partial charge in [0, 0.05) is 38.4 Å². The summed E-state index contributed by atoms with van der Waals surface area (Å²) in [5, 5.41) is 4.70. The standard InChI is InChI=1S/C49H36N4/c1-32(2)37-22-12-13-23-38(37)35-26-27-41-46(30-35)52(36-20-10-5-11-21-36)45-29-28-40-39-24-14-15-25-44(39)53(48(40)47(41)45)49-50-42(33-16-6-3-7-17-33)31-43(51-49)34-18-8-4-9-19-34/h3-32H,1-2H3. The van der Waals surface area contributed by atoms with Gasteiger partial charge in [0.25, 0.3) is 0 Å². The Labute approximate surface area is 308 Å². The molecule has 0 amide bonds. The van der Waals surface area contributed by atoms with Crippen molar-refractivity contribution in [3.05, 3.63) is 181 Å². The van der Waals surface area contributed by atoms with Crippen LogP contribution in [0.3, 0.4) is 0 Å². The molecule has 0 N–H and O–H groups in total. The van der Waals surface area contributed by atoms with E-state index in [1.165, 1.54) is 38.2 Å². The van der Waals surface area contributed by atoms with E-state index in [4.69, 9.17) is 9.97 Å². The summed E-state index contributed by atoms with van der Waals surface area (Å²) in [6.07, 6.45) is 0. The van der Waals surface area contributed by atoms with Gasteiger partial charge in [-0.05, 0) is 59.0 Å². The minimum Gasteiger partial charge on any atom is -0.309 e. The molecule has 252 valence electrons. The van der Waals surface area contributed by atoms with Gasteiger partial charge in [0.1, 0.15) is 0 Å². The molecule has 0 saturated carbocycles. The van der Waals surface area contributed by atoms with Gasteiger partial charge in [-0.25, -0.2) is 9.97 Å². The third-order valence-corrected chi connectivity index (χ3v) is 10.5. The number of para-hydroxylation sites is 2. The Morgan fingerprint density at radius 3 is 1.74 bits per heavy atom. The van der Waals surface area contributed by atoms with Crippen LogP contribution in [0.15, 0.2) is 176 Å². The highest BCUT2D eigenvalue weighted by Gasteiger charge is 2.23. The second-order valence-corrected chi connectivity index (χ2v) is 14.0. The van der Waals surface area contributed by atoms with Crippen LogP contribution in [0.2, 0.25) is 0 Å². The highest BCUT2D eigenvalue weighted by atomic mass is 15.2. The maximum absolute atomic E-state index is 5.35. The Morgan fingerprint density at radius 1 is 0.434 bits per heavy atom. The molecule has 10 rings (SSSR count). The van der Waals surface area contributed by atoms with Gasteiger partial charge in [-0.3, -0.25) is 4.57 Å². The summed E-state index contributed by atoms with van der Waals surface area (Å²) in [5.41, 5.74) is 13.3. The molecular formula is C49H36N4. The average molecular weight is 681 g/mol. The minimum absolute atomic E-state index is 0.407. The molecule has 0 radical (unpaired) electrons. The van der Waals surface area contributed by atoms with Crippen molar-refractivity contribution in [2.45, 2.75) is 19.8 Å². The molecule has 4 heteroatoms. The van der Waals surface area contributed by atoms with Crippen LogP contribution in [0, 0.1) is 0 Å². The first-order valence-electron chi connectivity index (χ1n) is 18.3. The molecule has 53 heavy (non-hydrogen) atoms. The Morgan fingerprint density at radius 2 is 1.04 bits per heavy atom. The van der Waals surface area contributed by atoms with Gasteiger partial charge in [0.05, 0.1) is 33.5 Å². The monoisotopic (exact) mass is 680 g/mol. The summed E-state index contributed by atoms with van der Waals surface area (Å²) in [6, 6.07) is 62.7. The number of benzene rings is 7. The maximum atomic E-state index is 5.35. The smallest absolute Gasteiger partial charge is 0.235 e. The van der Waals surface area contributed by atoms with E-state index in [2.05, 4.69) is 187 Å². The van der Waals surface area contributed by atoms with Crippen molar-refractivity contribution in [3.63, 3.8) is 0 Å². The van der Waals surface area contributed by atoms with Crippen LogP contribution < -0.4 is 0 Å². The molecule has 0 atom stereocenters. The second-order valence-electron chi connectivity index (χ2n) is 14.0. The zero-order valence-corrected chi connectivity index (χ0v) is 29.6. The van der Waals surface area contributed by atoms with Gasteiger partial charge >= 0.3 is 0 Å². The van der Waals surface area contributed by atoms with Crippen LogP contribution in [0.1, 0.15) is 25.3 Å². The predicted octanol–water partition coefficient (Wildman–Crippen LogP) is 12.8. The fourth-order valence-corrected chi connectivity index (χ4v) is 8.10. The van der Waals surface area contributed by atoms with Crippen LogP contribution in [0.4, 0.5) is 0 Å². The predicted molar refractivity (Wildman–Crippen MR) is 221 cm³/mol. The molecular weight excluding hydrogens is 645 g/mol. The third-order valence-electron chi connectivity index (χ3n) is 10.5. The van der Waals surface area contributed by atoms with E-state index in [1.807, 2.05) is 12.1 Å². The Hall–Kier alpha value is -6.78. The zero-order chi connectivity index (χ0) is 35.5. The van der Waals surface area contributed by atoms with E-state index in [1.54, 1.807) is 0 Å². The molecule has 4 nitrogen and oxygen atoms in total. The molecule has 0 fully saturated rings. The van der Waals surface area contributed by atoms with Crippen LogP contribution in [-0.2, 0) is 0 Å². The van der Waals surface area contributed by atoms with Crippen LogP contribution in [0.5, 0.6) is 0 Å². The Balaban J connectivity index is 1.35. The Bertz CT molecular complexity index is 2900. The fourth-order valence-electron chi connectivity index (χ4n) is 8.10. The molecule has 0 aliphatic carbocycles. The number of hydrogen-bond acceptors (Lipinski definition) is 2. The van der Waals surface area contributed by atoms with E-state index in [-0.39, 0.29) is 0 Å². The van der Waals surface area contributed by atoms with Crippen LogP contribution in [0.25, 0.3) is 88.9 Å². The maximum Gasteiger partial charge on any atom is 0.235 e. The molecule has 0 aliphatic heterocycles. The minimum atomic E-state index is 0.407. The van der Waals surface area contributed by atoms with Gasteiger partial charge in [0.15, 0.2) is 0 Å². The van der Waals surface area contributed by atoms with Crippen molar-refractivity contribution in [1.29, 1.82) is 0 Å². The highest BCUT2D eigenvalue weighted by Crippen LogP contribution is 2.43. The first kappa shape index (κ1) is 31.0. The van der Waals surface area contributed by atoms with Gasteiger partial charge in [-0.2, -0.15) is 0 Å². The molecule has 0 spiro atoms. The SMILES string of the molecule is CC(C)c1ccccc1-c1ccc2c3c(ccc4c5ccccc5n(-c5nc(-c6ccccc6)cc(-c6ccccc6)n5)c43)n(-c3ccccc3)c2c1. The number of nitrogens with zero attached hydrogens (tertiary/aromatic N) is 4. The van der Waals surface area contributed by atoms with Crippen molar-refractivity contribution in [2.75, 3.05) is 0 Å². The highest BCUT2D eigenvalue weighted by molar-refractivity contribution is 6.26. The molecule has 0 saturated heterocycles. The summed E-state index contributed by atoms with van der Waals surface area (Å²) >= 11 is 0. The molecule has 0 bridgehead atoms. The van der Waals surface area contributed by atoms with E-state index in [9.17, 15) is 0 Å². The number of aromatic nitrogens is 4. The molecule has 0 unspecified atom stereocenters. The lowest BCUT2D eigenvalue weighted by atomic mass is 9.92. The summed E-state index contributed by atoms with van der Waals surface area (Å²) in [7, 11) is 0. The van der Waals surface area contributed by atoms with Gasteiger partial charge in [-0.15, -0.1) is 0 Å². The van der Waals surface area contributed by atoms with Crippen molar-refractivity contribution in [2.24, 2.45) is 0 Å². The molecule has 10 aromatic rings. The molecule has 3 heterocycles. The van der Waals surface area contributed by atoms with Gasteiger partial charge in [-0.1, -0.05) is 153 Å². The molecule has 3 aromatic heterocycles. The lowest BCUT2D eigenvalue weighted by Crippen LogP contribution is -2.04. The number of fused-ring (bicyclic) bond motifs is 7. The zero-order valence-electron chi connectivity index (χ0n) is 29.6. The average Bonchev–Trinajstić information content (AvgIpc) is 3.74. The number of rotatable bonds is 6. The van der Waals surface area contributed by atoms with Crippen molar-refractivity contribution in [3.8, 4) is 45.3 Å². The quantitative estimate of drug-likeness (QED) is 0.175. The fraction of sp³-hybridized carbons (Fsp3) is 0.0612. The normalized spacial score (nSPS) is 11.8.